The Morgan fingerprint density at radius 3 is 2.76 bits per heavy atom. The van der Waals surface area contributed by atoms with Crippen LogP contribution < -0.4 is 14.8 Å². The maximum Gasteiger partial charge on any atom is 0.251 e. The van der Waals surface area contributed by atoms with Gasteiger partial charge in [-0.25, -0.2) is 4.98 Å². The molecule has 4 aromatic rings. The smallest absolute Gasteiger partial charge is 0.251 e. The van der Waals surface area contributed by atoms with Gasteiger partial charge in [-0.05, 0) is 48.4 Å². The molecular formula is C28H29N3O3. The third-order valence-corrected chi connectivity index (χ3v) is 5.61. The summed E-state index contributed by atoms with van der Waals surface area (Å²) < 4.78 is 13.5. The topological polar surface area (TPSA) is 65.4 Å². The molecule has 1 aromatic heterocycles. The van der Waals surface area contributed by atoms with Gasteiger partial charge >= 0.3 is 0 Å². The molecular weight excluding hydrogens is 426 g/mol. The van der Waals surface area contributed by atoms with Gasteiger partial charge in [0.05, 0.1) is 24.7 Å². The first kappa shape index (κ1) is 23.1. The lowest BCUT2D eigenvalue weighted by Gasteiger charge is -2.13. The summed E-state index contributed by atoms with van der Waals surface area (Å²) >= 11 is 0. The normalized spacial score (nSPS) is 10.7. The molecule has 0 saturated heterocycles. The fourth-order valence-electron chi connectivity index (χ4n) is 3.94. The first-order valence-electron chi connectivity index (χ1n) is 11.4. The minimum atomic E-state index is -0.135. The van der Waals surface area contributed by atoms with E-state index in [-0.39, 0.29) is 5.91 Å². The molecule has 174 valence electrons. The monoisotopic (exact) mass is 455 g/mol. The van der Waals surface area contributed by atoms with Crippen molar-refractivity contribution >= 4 is 16.9 Å². The number of carbonyl (C=O) groups is 1. The Hall–Kier alpha value is -4.06. The van der Waals surface area contributed by atoms with Gasteiger partial charge in [0, 0.05) is 18.5 Å². The van der Waals surface area contributed by atoms with E-state index < -0.39 is 0 Å². The molecule has 3 aromatic carbocycles. The average Bonchev–Trinajstić information content (AvgIpc) is 3.22. The Balaban J connectivity index is 1.43. The second-order valence-electron chi connectivity index (χ2n) is 7.86. The number of hydrogen-bond acceptors (Lipinski definition) is 4. The first-order chi connectivity index (χ1) is 16.7. The highest BCUT2D eigenvalue weighted by Gasteiger charge is 2.12. The predicted molar refractivity (Wildman–Crippen MR) is 135 cm³/mol. The van der Waals surface area contributed by atoms with Crippen LogP contribution in [0.2, 0.25) is 0 Å². The first-order valence-corrected chi connectivity index (χ1v) is 11.4. The van der Waals surface area contributed by atoms with Gasteiger partial charge in [0.25, 0.3) is 5.91 Å². The van der Waals surface area contributed by atoms with Crippen LogP contribution in [0.3, 0.4) is 0 Å². The number of hydrogen-bond donors (Lipinski definition) is 1. The van der Waals surface area contributed by atoms with Gasteiger partial charge in [0.15, 0.2) is 0 Å². The number of rotatable bonds is 11. The second-order valence-corrected chi connectivity index (χ2v) is 7.86. The Morgan fingerprint density at radius 1 is 1.09 bits per heavy atom. The van der Waals surface area contributed by atoms with Crippen LogP contribution in [0.5, 0.6) is 11.5 Å². The van der Waals surface area contributed by atoms with Crippen molar-refractivity contribution in [3.05, 3.63) is 102 Å². The van der Waals surface area contributed by atoms with Gasteiger partial charge in [-0.3, -0.25) is 4.79 Å². The molecule has 0 aliphatic carbocycles. The van der Waals surface area contributed by atoms with E-state index in [1.807, 2.05) is 48.5 Å². The number of amides is 1. The van der Waals surface area contributed by atoms with Gasteiger partial charge in [0.2, 0.25) is 0 Å². The Labute approximate surface area is 199 Å². The van der Waals surface area contributed by atoms with E-state index in [2.05, 4.69) is 28.6 Å². The number of methoxy groups -OCH3 is 1. The molecule has 0 unspecified atom stereocenters. The quantitative estimate of drug-likeness (QED) is 0.329. The fourth-order valence-corrected chi connectivity index (χ4v) is 3.94. The summed E-state index contributed by atoms with van der Waals surface area (Å²) in [6.45, 7) is 5.47. The van der Waals surface area contributed by atoms with Crippen molar-refractivity contribution in [2.75, 3.05) is 20.3 Å². The zero-order chi connectivity index (χ0) is 23.8. The van der Waals surface area contributed by atoms with Crippen molar-refractivity contribution in [2.24, 2.45) is 0 Å². The Bertz CT molecular complexity index is 1280. The molecule has 1 heterocycles. The van der Waals surface area contributed by atoms with Crippen LogP contribution in [0, 0.1) is 0 Å². The number of nitrogens with one attached hydrogen (secondary N) is 1. The highest BCUT2D eigenvalue weighted by atomic mass is 16.5. The summed E-state index contributed by atoms with van der Waals surface area (Å²) in [4.78, 5) is 17.4. The molecule has 4 rings (SSSR count). The molecule has 6 heteroatoms. The molecule has 0 atom stereocenters. The van der Waals surface area contributed by atoms with Gasteiger partial charge in [0.1, 0.15) is 23.9 Å². The number of fused-ring (bicyclic) bond motifs is 1. The van der Waals surface area contributed by atoms with Crippen LogP contribution in [0.15, 0.2) is 85.5 Å². The molecule has 1 N–H and O–H groups in total. The van der Waals surface area contributed by atoms with E-state index in [1.165, 1.54) is 0 Å². The van der Waals surface area contributed by atoms with E-state index in [9.17, 15) is 4.79 Å². The fraction of sp³-hybridized carbons (Fsp3) is 0.214. The summed E-state index contributed by atoms with van der Waals surface area (Å²) in [5, 5.41) is 2.99. The number of carbonyl (C=O) groups excluding carboxylic acids is 1. The zero-order valence-corrected chi connectivity index (χ0v) is 19.4. The standard InChI is InChI=1S/C28H29N3O3/c1-3-9-21-10-4-7-15-26(21)34-19-18-31-25-14-6-5-13-24(25)30-27(31)16-17-29-28(32)22-11-8-12-23(20-22)33-2/h3-8,10-15,20H,1,9,16-19H2,2H3,(H,29,32). The molecule has 0 radical (unpaired) electrons. The van der Waals surface area contributed by atoms with E-state index in [4.69, 9.17) is 14.5 Å². The van der Waals surface area contributed by atoms with Crippen molar-refractivity contribution < 1.29 is 14.3 Å². The Morgan fingerprint density at radius 2 is 1.91 bits per heavy atom. The van der Waals surface area contributed by atoms with E-state index in [0.717, 1.165) is 34.6 Å². The van der Waals surface area contributed by atoms with E-state index in [1.54, 1.807) is 25.3 Å². The lowest BCUT2D eigenvalue weighted by molar-refractivity contribution is 0.0953. The van der Waals surface area contributed by atoms with E-state index >= 15 is 0 Å². The number of nitrogens with zero attached hydrogens (tertiary/aromatic N) is 2. The SMILES string of the molecule is C=CCc1ccccc1OCCn1c(CCNC(=O)c2cccc(OC)c2)nc2ccccc21. The van der Waals surface area contributed by atoms with Gasteiger partial charge in [-0.2, -0.15) is 0 Å². The van der Waals surface area contributed by atoms with Gasteiger partial charge in [-0.1, -0.05) is 42.5 Å². The molecule has 6 nitrogen and oxygen atoms in total. The number of para-hydroxylation sites is 3. The highest BCUT2D eigenvalue weighted by molar-refractivity contribution is 5.94. The van der Waals surface area contributed by atoms with Crippen molar-refractivity contribution in [2.45, 2.75) is 19.4 Å². The van der Waals surface area contributed by atoms with Crippen molar-refractivity contribution in [3.8, 4) is 11.5 Å². The molecule has 1 amide bonds. The lowest BCUT2D eigenvalue weighted by atomic mass is 10.1. The van der Waals surface area contributed by atoms with Crippen LogP contribution in [0.25, 0.3) is 11.0 Å². The number of benzene rings is 3. The summed E-state index contributed by atoms with van der Waals surface area (Å²) in [5.41, 5.74) is 3.68. The largest absolute Gasteiger partial charge is 0.497 e. The predicted octanol–water partition coefficient (Wildman–Crippen LogP) is 4.82. The molecule has 0 aliphatic rings. The lowest BCUT2D eigenvalue weighted by Crippen LogP contribution is -2.26. The number of allylic oxidation sites excluding steroid dienone is 1. The van der Waals surface area contributed by atoms with Crippen LogP contribution in [0.1, 0.15) is 21.7 Å². The third-order valence-electron chi connectivity index (χ3n) is 5.61. The van der Waals surface area contributed by atoms with Crippen molar-refractivity contribution in [3.63, 3.8) is 0 Å². The van der Waals surface area contributed by atoms with Crippen molar-refractivity contribution in [1.82, 2.24) is 14.9 Å². The maximum absolute atomic E-state index is 12.6. The van der Waals surface area contributed by atoms with E-state index in [0.29, 0.717) is 37.4 Å². The van der Waals surface area contributed by atoms with Crippen LogP contribution in [-0.4, -0.2) is 35.7 Å². The summed E-state index contributed by atoms with van der Waals surface area (Å²) in [5.74, 6) is 2.31. The summed E-state index contributed by atoms with van der Waals surface area (Å²) in [7, 11) is 1.59. The zero-order valence-electron chi connectivity index (χ0n) is 19.4. The third kappa shape index (κ3) is 5.46. The number of aromatic nitrogens is 2. The molecule has 0 aliphatic heterocycles. The minimum Gasteiger partial charge on any atom is -0.497 e. The van der Waals surface area contributed by atoms with Crippen LogP contribution in [0.4, 0.5) is 0 Å². The second kappa shape index (κ2) is 11.2. The van der Waals surface area contributed by atoms with Crippen molar-refractivity contribution in [1.29, 1.82) is 0 Å². The Kier molecular flexibility index (Phi) is 7.60. The number of imidazole rings is 1. The average molecular weight is 456 g/mol. The maximum atomic E-state index is 12.6. The molecule has 34 heavy (non-hydrogen) atoms. The molecule has 0 fully saturated rings. The summed E-state index contributed by atoms with van der Waals surface area (Å²) in [6.07, 6.45) is 3.25. The van der Waals surface area contributed by atoms with Crippen LogP contribution >= 0.6 is 0 Å². The molecule has 0 bridgehead atoms. The molecule has 0 spiro atoms. The highest BCUT2D eigenvalue weighted by Crippen LogP contribution is 2.20. The van der Waals surface area contributed by atoms with Gasteiger partial charge in [-0.15, -0.1) is 6.58 Å². The summed E-state index contributed by atoms with van der Waals surface area (Å²) in [6, 6.07) is 23.2. The van der Waals surface area contributed by atoms with Crippen LogP contribution in [-0.2, 0) is 19.4 Å². The number of ether oxygens (including phenoxy) is 2. The van der Waals surface area contributed by atoms with Gasteiger partial charge < -0.3 is 19.4 Å². The molecule has 0 saturated carbocycles. The minimum absolute atomic E-state index is 0.135.